The largest absolute Gasteiger partial charge is 0.497 e. The highest BCUT2D eigenvalue weighted by molar-refractivity contribution is 6.33. The van der Waals surface area contributed by atoms with Crippen LogP contribution in [0.15, 0.2) is 18.2 Å². The van der Waals surface area contributed by atoms with Crippen LogP contribution in [0.2, 0.25) is 5.15 Å². The van der Waals surface area contributed by atoms with Gasteiger partial charge in [0, 0.05) is 12.6 Å². The smallest absolute Gasteiger partial charge is 0.256 e. The third-order valence-electron chi connectivity index (χ3n) is 3.63. The number of halogens is 1. The fourth-order valence-corrected chi connectivity index (χ4v) is 2.67. The molecule has 0 unspecified atom stereocenters. The molecule has 0 spiro atoms. The van der Waals surface area contributed by atoms with Gasteiger partial charge in [-0.3, -0.25) is 9.48 Å². The lowest BCUT2D eigenvalue weighted by atomic mass is 10.1. The lowest BCUT2D eigenvalue weighted by Crippen LogP contribution is -2.27. The minimum absolute atomic E-state index is 0.280. The van der Waals surface area contributed by atoms with Gasteiger partial charge in [-0.1, -0.05) is 11.6 Å². The van der Waals surface area contributed by atoms with Crippen molar-refractivity contribution >= 4 is 17.5 Å². The zero-order valence-corrected chi connectivity index (χ0v) is 14.6. The van der Waals surface area contributed by atoms with Crippen LogP contribution in [0.1, 0.15) is 34.6 Å². The van der Waals surface area contributed by atoms with Gasteiger partial charge in [-0.15, -0.1) is 0 Å². The molecular weight excluding hydrogens is 318 g/mol. The molecule has 0 aliphatic rings. The lowest BCUT2D eigenvalue weighted by Gasteiger charge is -2.18. The molecule has 1 atom stereocenters. The van der Waals surface area contributed by atoms with E-state index in [9.17, 15) is 4.79 Å². The van der Waals surface area contributed by atoms with Gasteiger partial charge in [0.05, 0.1) is 31.5 Å². The Morgan fingerprint density at radius 2 is 2.04 bits per heavy atom. The summed E-state index contributed by atoms with van der Waals surface area (Å²) in [7, 11) is 4.87. The molecule has 1 amide bonds. The first-order valence-electron chi connectivity index (χ1n) is 7.11. The molecule has 0 bridgehead atoms. The van der Waals surface area contributed by atoms with E-state index < -0.39 is 0 Å². The summed E-state index contributed by atoms with van der Waals surface area (Å²) in [4.78, 5) is 12.5. The van der Waals surface area contributed by atoms with Crippen molar-refractivity contribution in [2.75, 3.05) is 14.2 Å². The van der Waals surface area contributed by atoms with Crippen molar-refractivity contribution in [3.8, 4) is 11.5 Å². The van der Waals surface area contributed by atoms with Crippen LogP contribution in [0.5, 0.6) is 11.5 Å². The number of carbonyl (C=O) groups is 1. The second-order valence-corrected chi connectivity index (χ2v) is 5.54. The summed E-state index contributed by atoms with van der Waals surface area (Å²) in [5, 5.41) is 7.38. The van der Waals surface area contributed by atoms with Crippen LogP contribution in [0.4, 0.5) is 0 Å². The monoisotopic (exact) mass is 337 g/mol. The molecule has 0 aliphatic carbocycles. The first-order chi connectivity index (χ1) is 10.9. The summed E-state index contributed by atoms with van der Waals surface area (Å²) < 4.78 is 12.1. The number of benzene rings is 1. The molecule has 1 aromatic carbocycles. The van der Waals surface area contributed by atoms with E-state index in [0.717, 1.165) is 5.56 Å². The molecule has 6 nitrogen and oxygen atoms in total. The van der Waals surface area contributed by atoms with Gasteiger partial charge in [-0.2, -0.15) is 5.10 Å². The topological polar surface area (TPSA) is 65.4 Å². The van der Waals surface area contributed by atoms with Gasteiger partial charge in [0.15, 0.2) is 0 Å². The lowest BCUT2D eigenvalue weighted by molar-refractivity contribution is 0.0939. The molecule has 2 rings (SSSR count). The van der Waals surface area contributed by atoms with E-state index in [1.807, 2.05) is 13.0 Å². The third kappa shape index (κ3) is 3.42. The van der Waals surface area contributed by atoms with Crippen LogP contribution < -0.4 is 14.8 Å². The van der Waals surface area contributed by atoms with E-state index in [4.69, 9.17) is 21.1 Å². The minimum Gasteiger partial charge on any atom is -0.497 e. The molecule has 0 saturated heterocycles. The first-order valence-corrected chi connectivity index (χ1v) is 7.48. The summed E-state index contributed by atoms with van der Waals surface area (Å²) >= 11 is 6.14. The molecule has 0 saturated carbocycles. The average Bonchev–Trinajstić information content (AvgIpc) is 2.79. The van der Waals surface area contributed by atoms with Crippen LogP contribution in [0.3, 0.4) is 0 Å². The van der Waals surface area contributed by atoms with Gasteiger partial charge in [-0.25, -0.2) is 0 Å². The predicted octanol–water partition coefficient (Wildman–Crippen LogP) is 2.89. The quantitative estimate of drug-likeness (QED) is 0.911. The van der Waals surface area contributed by atoms with E-state index in [0.29, 0.717) is 27.9 Å². The molecule has 7 heteroatoms. The van der Waals surface area contributed by atoms with E-state index in [1.54, 1.807) is 40.3 Å². The number of hydrogen-bond donors (Lipinski definition) is 1. The minimum atomic E-state index is -0.289. The second kappa shape index (κ2) is 6.91. The number of carbonyl (C=O) groups excluding carboxylic acids is 1. The zero-order valence-electron chi connectivity index (χ0n) is 13.8. The van der Waals surface area contributed by atoms with Crippen LogP contribution in [0.25, 0.3) is 0 Å². The number of aryl methyl sites for hydroxylation is 2. The Labute approximate surface area is 140 Å². The molecule has 23 heavy (non-hydrogen) atoms. The first kappa shape index (κ1) is 17.1. The Kier molecular flexibility index (Phi) is 5.15. The Morgan fingerprint density at radius 1 is 1.35 bits per heavy atom. The average molecular weight is 338 g/mol. The molecule has 1 N–H and O–H groups in total. The van der Waals surface area contributed by atoms with Gasteiger partial charge in [0.25, 0.3) is 5.91 Å². The van der Waals surface area contributed by atoms with Gasteiger partial charge in [0.1, 0.15) is 16.7 Å². The SMILES string of the molecule is COc1ccc(OC)c([C@H](C)NC(=O)c2c(C)nn(C)c2Cl)c1. The van der Waals surface area contributed by atoms with E-state index in [2.05, 4.69) is 10.4 Å². The summed E-state index contributed by atoms with van der Waals surface area (Å²) in [5.41, 5.74) is 1.78. The Bertz CT molecular complexity index is 728. The number of aromatic nitrogens is 2. The molecule has 1 heterocycles. The normalized spacial score (nSPS) is 11.9. The molecule has 124 valence electrons. The number of hydrogen-bond acceptors (Lipinski definition) is 4. The fourth-order valence-electron chi connectivity index (χ4n) is 2.41. The van der Waals surface area contributed by atoms with Crippen molar-refractivity contribution in [1.29, 1.82) is 0 Å². The van der Waals surface area contributed by atoms with Crippen molar-refractivity contribution < 1.29 is 14.3 Å². The second-order valence-electron chi connectivity index (χ2n) is 5.18. The van der Waals surface area contributed by atoms with Gasteiger partial charge in [-0.05, 0) is 32.0 Å². The molecular formula is C16H20ClN3O3. The van der Waals surface area contributed by atoms with E-state index in [1.165, 1.54) is 4.68 Å². The standard InChI is InChI=1S/C16H20ClN3O3/c1-9(12-8-11(22-4)6-7-13(12)23-5)18-16(21)14-10(2)19-20(3)15(14)17/h6-9H,1-5H3,(H,18,21)/t9-/m0/s1. The molecule has 1 aromatic heterocycles. The number of rotatable bonds is 5. The maximum atomic E-state index is 12.5. The highest BCUT2D eigenvalue weighted by Gasteiger charge is 2.22. The van der Waals surface area contributed by atoms with Crippen LogP contribution in [0, 0.1) is 6.92 Å². The van der Waals surface area contributed by atoms with Crippen molar-refractivity contribution in [3.63, 3.8) is 0 Å². The maximum absolute atomic E-state index is 12.5. The molecule has 0 fully saturated rings. The highest BCUT2D eigenvalue weighted by Crippen LogP contribution is 2.30. The van der Waals surface area contributed by atoms with E-state index in [-0.39, 0.29) is 11.9 Å². The summed E-state index contributed by atoms with van der Waals surface area (Å²) in [6, 6.07) is 5.16. The highest BCUT2D eigenvalue weighted by atomic mass is 35.5. The van der Waals surface area contributed by atoms with E-state index >= 15 is 0 Å². The molecule has 0 aliphatic heterocycles. The van der Waals surface area contributed by atoms with Crippen LogP contribution >= 0.6 is 11.6 Å². The van der Waals surface area contributed by atoms with Gasteiger partial charge >= 0.3 is 0 Å². The van der Waals surface area contributed by atoms with Crippen molar-refractivity contribution in [2.45, 2.75) is 19.9 Å². The number of methoxy groups -OCH3 is 2. The number of amides is 1. The Morgan fingerprint density at radius 3 is 2.57 bits per heavy atom. The number of nitrogens with zero attached hydrogens (tertiary/aromatic N) is 2. The Hall–Kier alpha value is -2.21. The number of ether oxygens (including phenoxy) is 2. The van der Waals surface area contributed by atoms with Crippen molar-refractivity contribution in [1.82, 2.24) is 15.1 Å². The summed E-state index contributed by atoms with van der Waals surface area (Å²) in [5.74, 6) is 1.09. The maximum Gasteiger partial charge on any atom is 0.256 e. The Balaban J connectivity index is 2.28. The predicted molar refractivity (Wildman–Crippen MR) is 88.4 cm³/mol. The molecule has 0 radical (unpaired) electrons. The van der Waals surface area contributed by atoms with Crippen LogP contribution in [-0.4, -0.2) is 29.9 Å². The van der Waals surface area contributed by atoms with Gasteiger partial charge < -0.3 is 14.8 Å². The fraction of sp³-hybridized carbons (Fsp3) is 0.375. The summed E-state index contributed by atoms with van der Waals surface area (Å²) in [6.45, 7) is 3.62. The number of nitrogens with one attached hydrogen (secondary N) is 1. The zero-order chi connectivity index (χ0) is 17.1. The van der Waals surface area contributed by atoms with Crippen molar-refractivity contribution in [3.05, 3.63) is 40.2 Å². The van der Waals surface area contributed by atoms with Crippen molar-refractivity contribution in [2.24, 2.45) is 7.05 Å². The third-order valence-corrected chi connectivity index (χ3v) is 4.06. The molecule has 2 aromatic rings. The summed E-state index contributed by atoms with van der Waals surface area (Å²) in [6.07, 6.45) is 0. The van der Waals surface area contributed by atoms with Crippen LogP contribution in [-0.2, 0) is 7.05 Å². The van der Waals surface area contributed by atoms with Gasteiger partial charge in [0.2, 0.25) is 0 Å².